The van der Waals surface area contributed by atoms with Crippen molar-refractivity contribution in [2.75, 3.05) is 7.11 Å². The van der Waals surface area contributed by atoms with Crippen molar-refractivity contribution in [2.45, 2.75) is 64.7 Å². The average molecular weight is 398 g/mol. The fourth-order valence-corrected chi connectivity index (χ4v) is 3.69. The van der Waals surface area contributed by atoms with Crippen LogP contribution in [0.25, 0.3) is 0 Å². The highest BCUT2D eigenvalue weighted by atomic mass is 16.5. The lowest BCUT2D eigenvalue weighted by atomic mass is 9.89. The molecule has 0 saturated heterocycles. The van der Waals surface area contributed by atoms with E-state index in [2.05, 4.69) is 19.2 Å². The van der Waals surface area contributed by atoms with E-state index in [1.165, 1.54) is 0 Å². The number of nitrogens with one attached hydrogen (secondary N) is 1. The molecule has 0 saturated carbocycles. The van der Waals surface area contributed by atoms with Crippen molar-refractivity contribution in [3.05, 3.63) is 53.6 Å². The van der Waals surface area contributed by atoms with E-state index in [0.29, 0.717) is 12.3 Å². The molecule has 0 radical (unpaired) electrons. The molecule has 3 rings (SSSR count). The van der Waals surface area contributed by atoms with Gasteiger partial charge in [-0.15, -0.1) is 0 Å². The SMILES string of the molecule is COc1ccc2c(c1)C(NC(=O)C(C)Oc1ccccc1C(C)C)CC(C)(C)O2. The smallest absolute Gasteiger partial charge is 0.261 e. The zero-order valence-corrected chi connectivity index (χ0v) is 18.1. The Bertz CT molecular complexity index is 875. The summed E-state index contributed by atoms with van der Waals surface area (Å²) in [5.41, 5.74) is 1.63. The Morgan fingerprint density at radius 3 is 2.59 bits per heavy atom. The molecular weight excluding hydrogens is 366 g/mol. The summed E-state index contributed by atoms with van der Waals surface area (Å²) >= 11 is 0. The first-order chi connectivity index (χ1) is 13.7. The maximum atomic E-state index is 13.0. The second-order valence-electron chi connectivity index (χ2n) is 8.48. The summed E-state index contributed by atoms with van der Waals surface area (Å²) in [7, 11) is 1.63. The third-order valence-corrected chi connectivity index (χ3v) is 5.20. The summed E-state index contributed by atoms with van der Waals surface area (Å²) in [4.78, 5) is 13.0. The van der Waals surface area contributed by atoms with E-state index in [-0.39, 0.29) is 17.6 Å². The van der Waals surface area contributed by atoms with E-state index in [1.54, 1.807) is 14.0 Å². The van der Waals surface area contributed by atoms with E-state index in [9.17, 15) is 4.79 Å². The number of hydrogen-bond acceptors (Lipinski definition) is 4. The van der Waals surface area contributed by atoms with E-state index in [4.69, 9.17) is 14.2 Å². The largest absolute Gasteiger partial charge is 0.497 e. The summed E-state index contributed by atoms with van der Waals surface area (Å²) in [5, 5.41) is 3.15. The van der Waals surface area contributed by atoms with Crippen LogP contribution in [0.5, 0.6) is 17.2 Å². The van der Waals surface area contributed by atoms with Gasteiger partial charge in [0, 0.05) is 12.0 Å². The van der Waals surface area contributed by atoms with Crippen molar-refractivity contribution < 1.29 is 19.0 Å². The quantitative estimate of drug-likeness (QED) is 0.745. The van der Waals surface area contributed by atoms with Gasteiger partial charge in [0.05, 0.1) is 13.2 Å². The predicted octanol–water partition coefficient (Wildman–Crippen LogP) is 5.00. The first-order valence-corrected chi connectivity index (χ1v) is 10.1. The van der Waals surface area contributed by atoms with Crippen LogP contribution in [-0.2, 0) is 4.79 Å². The van der Waals surface area contributed by atoms with Gasteiger partial charge >= 0.3 is 0 Å². The molecule has 2 aromatic rings. The number of carbonyl (C=O) groups is 1. The topological polar surface area (TPSA) is 56.8 Å². The van der Waals surface area contributed by atoms with Crippen molar-refractivity contribution in [1.82, 2.24) is 5.32 Å². The molecule has 0 spiro atoms. The molecule has 0 fully saturated rings. The highest BCUT2D eigenvalue weighted by Crippen LogP contribution is 2.41. The van der Waals surface area contributed by atoms with Gasteiger partial charge in [0.25, 0.3) is 5.91 Å². The third kappa shape index (κ3) is 4.84. The van der Waals surface area contributed by atoms with Gasteiger partial charge in [-0.05, 0) is 56.5 Å². The van der Waals surface area contributed by atoms with Crippen LogP contribution in [0.4, 0.5) is 0 Å². The molecule has 2 unspecified atom stereocenters. The molecule has 0 bridgehead atoms. The summed E-state index contributed by atoms with van der Waals surface area (Å²) < 4.78 is 17.5. The van der Waals surface area contributed by atoms with Crippen LogP contribution in [-0.4, -0.2) is 24.7 Å². The molecule has 5 heteroatoms. The summed E-state index contributed by atoms with van der Waals surface area (Å²) in [6.07, 6.45) is 0.0451. The number of methoxy groups -OCH3 is 1. The number of ether oxygens (including phenoxy) is 3. The molecule has 2 atom stereocenters. The van der Waals surface area contributed by atoms with Crippen LogP contribution in [0.2, 0.25) is 0 Å². The standard InChI is InChI=1S/C24H31NO4/c1-15(2)18-9-7-8-10-21(18)28-16(3)23(26)25-20-14-24(4,5)29-22-12-11-17(27-6)13-19(20)22/h7-13,15-16,20H,14H2,1-6H3,(H,25,26). The van der Waals surface area contributed by atoms with Gasteiger partial charge < -0.3 is 19.5 Å². The molecule has 1 amide bonds. The molecule has 1 aliphatic heterocycles. The molecule has 0 aromatic heterocycles. The van der Waals surface area contributed by atoms with Crippen molar-refractivity contribution in [3.8, 4) is 17.2 Å². The van der Waals surface area contributed by atoms with Gasteiger partial charge in [-0.25, -0.2) is 0 Å². The van der Waals surface area contributed by atoms with Gasteiger partial charge in [0.1, 0.15) is 22.8 Å². The number of hydrogen-bond donors (Lipinski definition) is 1. The number of para-hydroxylation sites is 1. The second-order valence-corrected chi connectivity index (χ2v) is 8.48. The minimum absolute atomic E-state index is 0.153. The van der Waals surface area contributed by atoms with E-state index in [1.807, 2.05) is 56.3 Å². The summed E-state index contributed by atoms with van der Waals surface area (Å²) in [6.45, 7) is 10.1. The minimum Gasteiger partial charge on any atom is -0.497 e. The van der Waals surface area contributed by atoms with Crippen molar-refractivity contribution in [1.29, 1.82) is 0 Å². The predicted molar refractivity (Wildman–Crippen MR) is 114 cm³/mol. The lowest BCUT2D eigenvalue weighted by Gasteiger charge is -2.38. The molecule has 5 nitrogen and oxygen atoms in total. The lowest BCUT2D eigenvalue weighted by molar-refractivity contribution is -0.128. The Kier molecular flexibility index (Phi) is 6.06. The maximum Gasteiger partial charge on any atom is 0.261 e. The third-order valence-electron chi connectivity index (χ3n) is 5.20. The van der Waals surface area contributed by atoms with Gasteiger partial charge in [-0.3, -0.25) is 4.79 Å². The number of benzene rings is 2. The molecule has 1 aliphatic rings. The van der Waals surface area contributed by atoms with Gasteiger partial charge in [-0.2, -0.15) is 0 Å². The number of carbonyl (C=O) groups excluding carboxylic acids is 1. The highest BCUT2D eigenvalue weighted by molar-refractivity contribution is 5.81. The van der Waals surface area contributed by atoms with Crippen LogP contribution in [0.1, 0.15) is 64.1 Å². The van der Waals surface area contributed by atoms with Crippen LogP contribution in [0.15, 0.2) is 42.5 Å². The molecule has 2 aromatic carbocycles. The number of fused-ring (bicyclic) bond motifs is 1. The summed E-state index contributed by atoms with van der Waals surface area (Å²) in [6, 6.07) is 13.4. The van der Waals surface area contributed by atoms with Crippen molar-refractivity contribution >= 4 is 5.91 Å². The Labute approximate surface area is 173 Å². The zero-order valence-electron chi connectivity index (χ0n) is 18.1. The van der Waals surface area contributed by atoms with Crippen LogP contribution >= 0.6 is 0 Å². The Morgan fingerprint density at radius 1 is 1.17 bits per heavy atom. The molecule has 1 N–H and O–H groups in total. The average Bonchev–Trinajstić information content (AvgIpc) is 2.67. The highest BCUT2D eigenvalue weighted by Gasteiger charge is 2.35. The lowest BCUT2D eigenvalue weighted by Crippen LogP contribution is -2.44. The molecular formula is C24H31NO4. The first-order valence-electron chi connectivity index (χ1n) is 10.1. The van der Waals surface area contributed by atoms with E-state index in [0.717, 1.165) is 28.4 Å². The van der Waals surface area contributed by atoms with E-state index >= 15 is 0 Å². The number of amides is 1. The fraction of sp³-hybridized carbons (Fsp3) is 0.458. The number of rotatable bonds is 6. The van der Waals surface area contributed by atoms with Gasteiger partial charge in [0.15, 0.2) is 6.10 Å². The Morgan fingerprint density at radius 2 is 1.90 bits per heavy atom. The zero-order chi connectivity index (χ0) is 21.2. The summed E-state index contributed by atoms with van der Waals surface area (Å²) in [5.74, 6) is 2.42. The first kappa shape index (κ1) is 21.0. The minimum atomic E-state index is -0.616. The van der Waals surface area contributed by atoms with Crippen LogP contribution in [0, 0.1) is 0 Å². The fourth-order valence-electron chi connectivity index (χ4n) is 3.69. The Balaban J connectivity index is 1.78. The maximum absolute atomic E-state index is 13.0. The molecule has 29 heavy (non-hydrogen) atoms. The normalized spacial score (nSPS) is 18.4. The van der Waals surface area contributed by atoms with Crippen molar-refractivity contribution in [2.24, 2.45) is 0 Å². The molecule has 156 valence electrons. The monoisotopic (exact) mass is 397 g/mol. The van der Waals surface area contributed by atoms with Gasteiger partial charge in [0.2, 0.25) is 0 Å². The van der Waals surface area contributed by atoms with Crippen LogP contribution in [0.3, 0.4) is 0 Å². The van der Waals surface area contributed by atoms with Crippen LogP contribution < -0.4 is 19.5 Å². The molecule has 0 aliphatic carbocycles. The molecule has 1 heterocycles. The van der Waals surface area contributed by atoms with Gasteiger partial charge in [-0.1, -0.05) is 32.0 Å². The second kappa shape index (κ2) is 8.36. The van der Waals surface area contributed by atoms with Crippen molar-refractivity contribution in [3.63, 3.8) is 0 Å². The van der Waals surface area contributed by atoms with E-state index < -0.39 is 6.10 Å². The Hall–Kier alpha value is -2.69.